The smallest absolute Gasteiger partial charge is 0.191 e. The molecule has 1 fully saturated rings. The number of aliphatic imine (C=N–C) groups is 1. The third kappa shape index (κ3) is 2.75. The van der Waals surface area contributed by atoms with Gasteiger partial charge in [-0.3, -0.25) is 0 Å². The zero-order valence-electron chi connectivity index (χ0n) is 9.98. The number of hydrogen-bond donors (Lipinski definition) is 1. The highest BCUT2D eigenvalue weighted by Gasteiger charge is 2.27. The zero-order valence-corrected chi connectivity index (χ0v) is 9.98. The standard InChI is InChI=1S/C13H19N3/c1-10-3-5-11(6-4-10)9-15-13(14)16(2)12-7-8-12/h3-6,12H,7-9H2,1-2H3,(H2,14,15). The molecule has 1 aromatic carbocycles. The lowest BCUT2D eigenvalue weighted by Crippen LogP contribution is -2.35. The molecule has 1 aromatic rings. The van der Waals surface area contributed by atoms with Crippen LogP contribution in [0.2, 0.25) is 0 Å². The second-order valence-electron chi connectivity index (χ2n) is 4.50. The molecule has 0 heterocycles. The monoisotopic (exact) mass is 217 g/mol. The van der Waals surface area contributed by atoms with Crippen LogP contribution in [0.5, 0.6) is 0 Å². The summed E-state index contributed by atoms with van der Waals surface area (Å²) >= 11 is 0. The van der Waals surface area contributed by atoms with E-state index in [4.69, 9.17) is 5.73 Å². The van der Waals surface area contributed by atoms with Gasteiger partial charge in [-0.1, -0.05) is 29.8 Å². The molecule has 0 bridgehead atoms. The van der Waals surface area contributed by atoms with Crippen LogP contribution in [0.1, 0.15) is 24.0 Å². The number of benzene rings is 1. The topological polar surface area (TPSA) is 41.6 Å². The van der Waals surface area contributed by atoms with E-state index in [0.717, 1.165) is 0 Å². The van der Waals surface area contributed by atoms with Crippen LogP contribution >= 0.6 is 0 Å². The average Bonchev–Trinajstić information content (AvgIpc) is 3.11. The third-order valence-electron chi connectivity index (χ3n) is 3.00. The Hall–Kier alpha value is -1.51. The van der Waals surface area contributed by atoms with Crippen LogP contribution in [0.4, 0.5) is 0 Å². The van der Waals surface area contributed by atoms with Gasteiger partial charge >= 0.3 is 0 Å². The van der Waals surface area contributed by atoms with Gasteiger partial charge in [-0.2, -0.15) is 0 Å². The molecule has 0 unspecified atom stereocenters. The second-order valence-corrected chi connectivity index (χ2v) is 4.50. The van der Waals surface area contributed by atoms with Gasteiger partial charge in [0.25, 0.3) is 0 Å². The molecule has 0 spiro atoms. The van der Waals surface area contributed by atoms with Crippen molar-refractivity contribution in [1.29, 1.82) is 0 Å². The highest BCUT2D eigenvalue weighted by atomic mass is 15.3. The minimum Gasteiger partial charge on any atom is -0.370 e. The van der Waals surface area contributed by atoms with Crippen molar-refractivity contribution >= 4 is 5.96 Å². The van der Waals surface area contributed by atoms with Gasteiger partial charge in [0.1, 0.15) is 0 Å². The zero-order chi connectivity index (χ0) is 11.5. The maximum Gasteiger partial charge on any atom is 0.191 e. The Bertz CT molecular complexity index is 377. The molecule has 0 amide bonds. The van der Waals surface area contributed by atoms with E-state index in [1.807, 2.05) is 7.05 Å². The van der Waals surface area contributed by atoms with E-state index in [1.54, 1.807) is 0 Å². The number of nitrogens with zero attached hydrogens (tertiary/aromatic N) is 2. The summed E-state index contributed by atoms with van der Waals surface area (Å²) in [4.78, 5) is 6.48. The Balaban J connectivity index is 1.94. The SMILES string of the molecule is Cc1ccc(CN=C(N)N(C)C2CC2)cc1. The molecule has 0 aliphatic heterocycles. The maximum atomic E-state index is 5.91. The third-order valence-corrected chi connectivity index (χ3v) is 3.00. The number of rotatable bonds is 3. The van der Waals surface area contributed by atoms with Crippen LogP contribution in [-0.2, 0) is 6.54 Å². The summed E-state index contributed by atoms with van der Waals surface area (Å²) in [5.41, 5.74) is 8.39. The fraction of sp³-hybridized carbons (Fsp3) is 0.462. The van der Waals surface area contributed by atoms with Crippen molar-refractivity contribution < 1.29 is 0 Å². The van der Waals surface area contributed by atoms with Crippen LogP contribution in [0.3, 0.4) is 0 Å². The van der Waals surface area contributed by atoms with Crippen LogP contribution in [0.15, 0.2) is 29.3 Å². The fourth-order valence-corrected chi connectivity index (χ4v) is 1.63. The Morgan fingerprint density at radius 3 is 2.56 bits per heavy atom. The Morgan fingerprint density at radius 2 is 2.00 bits per heavy atom. The maximum absolute atomic E-state index is 5.91. The molecule has 2 rings (SSSR count). The van der Waals surface area contributed by atoms with Crippen LogP contribution < -0.4 is 5.73 Å². The normalized spacial score (nSPS) is 16.2. The minimum absolute atomic E-state index is 0.627. The number of nitrogens with two attached hydrogens (primary N) is 1. The summed E-state index contributed by atoms with van der Waals surface area (Å²) in [6.45, 7) is 2.76. The van der Waals surface area contributed by atoms with Crippen molar-refractivity contribution in [2.24, 2.45) is 10.7 Å². The Kier molecular flexibility index (Phi) is 3.13. The van der Waals surface area contributed by atoms with Crippen molar-refractivity contribution in [2.75, 3.05) is 7.05 Å². The van der Waals surface area contributed by atoms with Crippen LogP contribution in [-0.4, -0.2) is 23.9 Å². The van der Waals surface area contributed by atoms with E-state index in [9.17, 15) is 0 Å². The van der Waals surface area contributed by atoms with Gasteiger partial charge in [0.2, 0.25) is 0 Å². The lowest BCUT2D eigenvalue weighted by molar-refractivity contribution is 0.487. The molecule has 0 radical (unpaired) electrons. The molecule has 3 heteroatoms. The van der Waals surface area contributed by atoms with E-state index in [2.05, 4.69) is 41.1 Å². The predicted octanol–water partition coefficient (Wildman–Crippen LogP) is 1.90. The molecule has 3 nitrogen and oxygen atoms in total. The summed E-state index contributed by atoms with van der Waals surface area (Å²) < 4.78 is 0. The first-order valence-corrected chi connectivity index (χ1v) is 5.75. The summed E-state index contributed by atoms with van der Waals surface area (Å²) in [7, 11) is 2.02. The van der Waals surface area contributed by atoms with Crippen molar-refractivity contribution in [1.82, 2.24) is 4.90 Å². The number of guanidine groups is 1. The van der Waals surface area contributed by atoms with Gasteiger partial charge in [-0.25, -0.2) is 4.99 Å². The quantitative estimate of drug-likeness (QED) is 0.620. The van der Waals surface area contributed by atoms with Crippen molar-refractivity contribution in [3.05, 3.63) is 35.4 Å². The van der Waals surface area contributed by atoms with Gasteiger partial charge in [0, 0.05) is 13.1 Å². The first-order valence-electron chi connectivity index (χ1n) is 5.75. The Morgan fingerprint density at radius 1 is 1.38 bits per heavy atom. The first kappa shape index (κ1) is 11.0. The van der Waals surface area contributed by atoms with Gasteiger partial charge in [0.15, 0.2) is 5.96 Å². The first-order chi connectivity index (χ1) is 7.66. The largest absolute Gasteiger partial charge is 0.370 e. The van der Waals surface area contributed by atoms with Crippen molar-refractivity contribution in [3.8, 4) is 0 Å². The minimum atomic E-state index is 0.627. The van der Waals surface area contributed by atoms with E-state index < -0.39 is 0 Å². The highest BCUT2D eigenvalue weighted by molar-refractivity contribution is 5.78. The molecule has 86 valence electrons. The van der Waals surface area contributed by atoms with Gasteiger partial charge < -0.3 is 10.6 Å². The molecular weight excluding hydrogens is 198 g/mol. The number of hydrogen-bond acceptors (Lipinski definition) is 1. The van der Waals surface area contributed by atoms with Gasteiger partial charge in [-0.15, -0.1) is 0 Å². The summed E-state index contributed by atoms with van der Waals surface area (Å²) in [6, 6.07) is 9.03. The summed E-state index contributed by atoms with van der Waals surface area (Å²) in [6.07, 6.45) is 2.49. The molecule has 16 heavy (non-hydrogen) atoms. The molecule has 0 saturated heterocycles. The Labute approximate surface area is 97.0 Å². The average molecular weight is 217 g/mol. The van der Waals surface area contributed by atoms with Crippen LogP contribution in [0.25, 0.3) is 0 Å². The molecule has 1 saturated carbocycles. The highest BCUT2D eigenvalue weighted by Crippen LogP contribution is 2.24. The van der Waals surface area contributed by atoms with Gasteiger partial charge in [0.05, 0.1) is 6.54 Å². The molecule has 1 aliphatic rings. The molecule has 0 atom stereocenters. The van der Waals surface area contributed by atoms with Gasteiger partial charge in [-0.05, 0) is 25.3 Å². The summed E-state index contributed by atoms with van der Waals surface area (Å²) in [5.74, 6) is 0.656. The van der Waals surface area contributed by atoms with E-state index in [0.29, 0.717) is 18.5 Å². The predicted molar refractivity (Wildman–Crippen MR) is 67.3 cm³/mol. The second kappa shape index (κ2) is 4.56. The van der Waals surface area contributed by atoms with Crippen LogP contribution in [0, 0.1) is 6.92 Å². The van der Waals surface area contributed by atoms with Crippen molar-refractivity contribution in [2.45, 2.75) is 32.4 Å². The van der Waals surface area contributed by atoms with E-state index >= 15 is 0 Å². The fourth-order valence-electron chi connectivity index (χ4n) is 1.63. The summed E-state index contributed by atoms with van der Waals surface area (Å²) in [5, 5.41) is 0. The molecular formula is C13H19N3. The molecule has 1 aliphatic carbocycles. The van der Waals surface area contributed by atoms with E-state index in [1.165, 1.54) is 24.0 Å². The molecule has 0 aromatic heterocycles. The lowest BCUT2D eigenvalue weighted by Gasteiger charge is -2.16. The van der Waals surface area contributed by atoms with E-state index in [-0.39, 0.29) is 0 Å². The number of aryl methyl sites for hydroxylation is 1. The molecule has 2 N–H and O–H groups in total. The lowest BCUT2D eigenvalue weighted by atomic mass is 10.1. The van der Waals surface area contributed by atoms with Crippen molar-refractivity contribution in [3.63, 3.8) is 0 Å².